The molecule has 0 fully saturated rings. The molecule has 0 spiro atoms. The van der Waals surface area contributed by atoms with Crippen LogP contribution in [0, 0.1) is 0 Å². The highest BCUT2D eigenvalue weighted by atomic mass is 35.5. The predicted octanol–water partition coefficient (Wildman–Crippen LogP) is 6.19. The van der Waals surface area contributed by atoms with E-state index in [1.807, 2.05) is 103 Å². The zero-order valence-electron chi connectivity index (χ0n) is 17.2. The number of rotatable bonds is 5. The smallest absolute Gasteiger partial charge is 0.155 e. The highest BCUT2D eigenvalue weighted by Gasteiger charge is 2.39. The van der Waals surface area contributed by atoms with E-state index in [4.69, 9.17) is 11.6 Å². The molecule has 1 atom stereocenters. The monoisotopic (exact) mass is 439 g/mol. The maximum absolute atomic E-state index is 12.4. The second kappa shape index (κ2) is 8.29. The molecule has 1 unspecified atom stereocenters. The summed E-state index contributed by atoms with van der Waals surface area (Å²) in [6.45, 7) is 0. The highest BCUT2D eigenvalue weighted by Crippen LogP contribution is 2.44. The number of aromatic amines is 1. The van der Waals surface area contributed by atoms with Crippen molar-refractivity contribution in [3.05, 3.63) is 142 Å². The van der Waals surface area contributed by atoms with Gasteiger partial charge in [0.2, 0.25) is 0 Å². The zero-order valence-corrected chi connectivity index (χ0v) is 18.0. The molecule has 4 aromatic carbocycles. The molecule has 5 aromatic rings. The summed E-state index contributed by atoms with van der Waals surface area (Å²) in [5.74, 6) is 0. The first-order valence-electron chi connectivity index (χ1n) is 10.5. The second-order valence-corrected chi connectivity index (χ2v) is 8.30. The van der Waals surface area contributed by atoms with E-state index >= 15 is 0 Å². The summed E-state index contributed by atoms with van der Waals surface area (Å²) < 4.78 is 0. The largest absolute Gasteiger partial charge is 0.384 e. The minimum atomic E-state index is -1.51. The topological polar surface area (TPSA) is 56.2 Å². The fourth-order valence-corrected chi connectivity index (χ4v) is 4.55. The summed E-state index contributed by atoms with van der Waals surface area (Å²) in [5, 5.41) is 25.3. The van der Waals surface area contributed by atoms with Crippen LogP contribution in [0.5, 0.6) is 0 Å². The molecular formula is C28H22ClNO2. The van der Waals surface area contributed by atoms with Gasteiger partial charge >= 0.3 is 0 Å². The maximum Gasteiger partial charge on any atom is 0.155 e. The predicted molar refractivity (Wildman–Crippen MR) is 129 cm³/mol. The van der Waals surface area contributed by atoms with E-state index < -0.39 is 11.7 Å². The molecule has 3 nitrogen and oxygen atoms in total. The summed E-state index contributed by atoms with van der Waals surface area (Å²) in [5.41, 5.74) is 2.52. The highest BCUT2D eigenvalue weighted by molar-refractivity contribution is 6.31. The minimum Gasteiger partial charge on any atom is -0.384 e. The summed E-state index contributed by atoms with van der Waals surface area (Å²) >= 11 is 6.28. The molecule has 32 heavy (non-hydrogen) atoms. The molecular weight excluding hydrogens is 418 g/mol. The second-order valence-electron chi connectivity index (χ2n) is 7.86. The lowest BCUT2D eigenvalue weighted by molar-refractivity contribution is 0.116. The molecule has 3 N–H and O–H groups in total. The Labute approximate surface area is 191 Å². The molecule has 0 aliphatic rings. The Morgan fingerprint density at radius 2 is 1.25 bits per heavy atom. The van der Waals surface area contributed by atoms with Crippen LogP contribution in [0.4, 0.5) is 0 Å². The Bertz CT molecular complexity index is 1310. The van der Waals surface area contributed by atoms with Crippen LogP contribution < -0.4 is 0 Å². The Kier molecular flexibility index (Phi) is 5.32. The lowest BCUT2D eigenvalue weighted by Gasteiger charge is -2.31. The van der Waals surface area contributed by atoms with Crippen LogP contribution in [-0.2, 0) is 5.60 Å². The first kappa shape index (κ1) is 20.5. The number of fused-ring (bicyclic) bond motifs is 1. The van der Waals surface area contributed by atoms with Gasteiger partial charge in [0.1, 0.15) is 6.10 Å². The van der Waals surface area contributed by atoms with E-state index in [0.29, 0.717) is 27.4 Å². The zero-order chi connectivity index (χ0) is 22.1. The van der Waals surface area contributed by atoms with Crippen molar-refractivity contribution in [2.45, 2.75) is 11.7 Å². The SMILES string of the molecule is OC(c1ccccc1)c1c(C(O)(c2ccccc2)c2ccccc2)[nH]c2cc(Cl)ccc12. The van der Waals surface area contributed by atoms with Crippen LogP contribution in [0.3, 0.4) is 0 Å². The van der Waals surface area contributed by atoms with E-state index in [1.54, 1.807) is 6.07 Å². The number of aromatic nitrogens is 1. The number of H-pyrrole nitrogens is 1. The Morgan fingerprint density at radius 3 is 1.81 bits per heavy atom. The van der Waals surface area contributed by atoms with Crippen molar-refractivity contribution in [1.82, 2.24) is 4.98 Å². The normalized spacial score (nSPS) is 12.7. The lowest BCUT2D eigenvalue weighted by Crippen LogP contribution is -2.31. The molecule has 4 heteroatoms. The third kappa shape index (κ3) is 3.41. The number of aliphatic hydroxyl groups excluding tert-OH is 1. The lowest BCUT2D eigenvalue weighted by atomic mass is 9.80. The molecule has 0 radical (unpaired) electrons. The number of halogens is 1. The average Bonchev–Trinajstić information content (AvgIpc) is 3.23. The first-order chi connectivity index (χ1) is 15.6. The number of benzene rings is 4. The minimum absolute atomic E-state index is 0.517. The van der Waals surface area contributed by atoms with Gasteiger partial charge in [0, 0.05) is 21.5 Å². The van der Waals surface area contributed by atoms with E-state index in [1.165, 1.54) is 0 Å². The number of aliphatic hydroxyl groups is 2. The Balaban J connectivity index is 1.85. The summed E-state index contributed by atoms with van der Waals surface area (Å²) in [6.07, 6.45) is -0.944. The van der Waals surface area contributed by atoms with Crippen LogP contribution in [-0.4, -0.2) is 15.2 Å². The van der Waals surface area contributed by atoms with E-state index in [2.05, 4.69) is 4.98 Å². The summed E-state index contributed by atoms with van der Waals surface area (Å²) in [4.78, 5) is 3.40. The molecule has 5 rings (SSSR count). The van der Waals surface area contributed by atoms with Gasteiger partial charge in [0.05, 0.1) is 5.69 Å². The van der Waals surface area contributed by atoms with Gasteiger partial charge in [-0.1, -0.05) is 109 Å². The van der Waals surface area contributed by atoms with Crippen molar-refractivity contribution in [3.8, 4) is 0 Å². The van der Waals surface area contributed by atoms with Gasteiger partial charge in [0.25, 0.3) is 0 Å². The molecule has 0 bridgehead atoms. The van der Waals surface area contributed by atoms with Crippen molar-refractivity contribution < 1.29 is 10.2 Å². The van der Waals surface area contributed by atoms with Gasteiger partial charge in [-0.2, -0.15) is 0 Å². The summed E-state index contributed by atoms with van der Waals surface area (Å²) in [7, 11) is 0. The van der Waals surface area contributed by atoms with Crippen LogP contribution >= 0.6 is 11.6 Å². The standard InChI is InChI=1S/C28H22ClNO2/c29-22-16-17-23-24(18-22)30-27(25(23)26(31)19-10-4-1-5-11-19)28(32,20-12-6-2-7-13-20)21-14-8-3-9-15-21/h1-18,26,30-32H. The number of nitrogens with one attached hydrogen (secondary N) is 1. The molecule has 0 saturated carbocycles. The Morgan fingerprint density at radius 1 is 0.719 bits per heavy atom. The molecule has 0 aliphatic heterocycles. The fourth-order valence-electron chi connectivity index (χ4n) is 4.38. The van der Waals surface area contributed by atoms with Gasteiger partial charge in [-0.05, 0) is 28.8 Å². The molecule has 158 valence electrons. The average molecular weight is 440 g/mol. The van der Waals surface area contributed by atoms with Crippen LogP contribution in [0.25, 0.3) is 10.9 Å². The molecule has 1 aromatic heterocycles. The van der Waals surface area contributed by atoms with E-state index in [0.717, 1.165) is 16.5 Å². The number of hydrogen-bond acceptors (Lipinski definition) is 2. The third-order valence-electron chi connectivity index (χ3n) is 5.93. The van der Waals surface area contributed by atoms with Crippen molar-refractivity contribution in [2.75, 3.05) is 0 Å². The fraction of sp³-hybridized carbons (Fsp3) is 0.0714. The third-order valence-corrected chi connectivity index (χ3v) is 6.17. The van der Waals surface area contributed by atoms with Crippen molar-refractivity contribution >= 4 is 22.5 Å². The van der Waals surface area contributed by atoms with Gasteiger partial charge < -0.3 is 15.2 Å². The van der Waals surface area contributed by atoms with Crippen molar-refractivity contribution in [3.63, 3.8) is 0 Å². The molecule has 0 amide bonds. The molecule has 0 aliphatic carbocycles. The van der Waals surface area contributed by atoms with Gasteiger partial charge in [0.15, 0.2) is 5.60 Å². The van der Waals surface area contributed by atoms with Gasteiger partial charge in [-0.25, -0.2) is 0 Å². The van der Waals surface area contributed by atoms with E-state index in [9.17, 15) is 10.2 Å². The summed E-state index contributed by atoms with van der Waals surface area (Å²) in [6, 6.07) is 34.0. The van der Waals surface area contributed by atoms with Crippen LogP contribution in [0.15, 0.2) is 109 Å². The van der Waals surface area contributed by atoms with Crippen LogP contribution in [0.2, 0.25) is 5.02 Å². The maximum atomic E-state index is 12.4. The molecule has 1 heterocycles. The quantitative estimate of drug-likeness (QED) is 0.306. The first-order valence-corrected chi connectivity index (χ1v) is 10.8. The van der Waals surface area contributed by atoms with Crippen molar-refractivity contribution in [2.24, 2.45) is 0 Å². The van der Waals surface area contributed by atoms with Gasteiger partial charge in [-0.15, -0.1) is 0 Å². The van der Waals surface area contributed by atoms with Crippen molar-refractivity contribution in [1.29, 1.82) is 0 Å². The number of hydrogen-bond donors (Lipinski definition) is 3. The molecule has 0 saturated heterocycles. The van der Waals surface area contributed by atoms with Gasteiger partial charge in [-0.3, -0.25) is 0 Å². The van der Waals surface area contributed by atoms with E-state index in [-0.39, 0.29) is 0 Å². The Hall–Kier alpha value is -3.37. The van der Waals surface area contributed by atoms with Crippen LogP contribution in [0.1, 0.15) is 34.1 Å².